The molecule has 1 aromatic heterocycles. The highest BCUT2D eigenvalue weighted by Gasteiger charge is 2.14. The van der Waals surface area contributed by atoms with Crippen molar-refractivity contribution in [2.45, 2.75) is 6.92 Å². The van der Waals surface area contributed by atoms with Crippen LogP contribution in [0.25, 0.3) is 0 Å². The molecule has 0 amide bonds. The van der Waals surface area contributed by atoms with E-state index < -0.39 is 5.97 Å². The van der Waals surface area contributed by atoms with Gasteiger partial charge >= 0.3 is 5.97 Å². The Bertz CT molecular complexity index is 677. The Morgan fingerprint density at radius 1 is 1.47 bits per heavy atom. The number of hydrogen-bond donors (Lipinski definition) is 1. The summed E-state index contributed by atoms with van der Waals surface area (Å²) >= 11 is 0. The van der Waals surface area contributed by atoms with Gasteiger partial charge in [-0.25, -0.2) is 14.8 Å². The van der Waals surface area contributed by atoms with Crippen molar-refractivity contribution in [2.24, 2.45) is 0 Å². The molecular weight excluding hydrogens is 246 g/mol. The predicted molar refractivity (Wildman–Crippen MR) is 65.0 cm³/mol. The highest BCUT2D eigenvalue weighted by atomic mass is 16.5. The van der Waals surface area contributed by atoms with Crippen LogP contribution in [0.5, 0.6) is 11.6 Å². The van der Waals surface area contributed by atoms with Crippen LogP contribution in [0.3, 0.4) is 0 Å². The zero-order chi connectivity index (χ0) is 13.8. The molecule has 0 unspecified atom stereocenters. The number of benzene rings is 1. The van der Waals surface area contributed by atoms with Crippen LogP contribution in [-0.4, -0.2) is 21.0 Å². The van der Waals surface area contributed by atoms with Gasteiger partial charge in [-0.05, 0) is 24.6 Å². The predicted octanol–water partition coefficient (Wildman–Crippen LogP) is 2.15. The molecule has 0 atom stereocenters. The number of hydrogen-bond acceptors (Lipinski definition) is 5. The quantitative estimate of drug-likeness (QED) is 0.902. The average Bonchev–Trinajstić information content (AvgIpc) is 2.41. The second-order valence-electron chi connectivity index (χ2n) is 3.74. The topological polar surface area (TPSA) is 96.1 Å². The molecule has 0 radical (unpaired) electrons. The number of nitriles is 1. The molecule has 0 aliphatic heterocycles. The lowest BCUT2D eigenvalue weighted by Crippen LogP contribution is -2.03. The number of nitrogens with zero attached hydrogens (tertiary/aromatic N) is 3. The van der Waals surface area contributed by atoms with Gasteiger partial charge in [0.2, 0.25) is 5.88 Å². The van der Waals surface area contributed by atoms with Gasteiger partial charge < -0.3 is 9.84 Å². The van der Waals surface area contributed by atoms with E-state index in [1.165, 1.54) is 12.4 Å². The van der Waals surface area contributed by atoms with Crippen molar-refractivity contribution in [1.82, 2.24) is 9.97 Å². The number of rotatable bonds is 3. The van der Waals surface area contributed by atoms with Crippen LogP contribution >= 0.6 is 0 Å². The summed E-state index contributed by atoms with van der Waals surface area (Å²) in [5.74, 6) is -0.842. The highest BCUT2D eigenvalue weighted by Crippen LogP contribution is 2.26. The van der Waals surface area contributed by atoms with Crippen molar-refractivity contribution in [3.63, 3.8) is 0 Å². The minimum atomic E-state index is -1.18. The van der Waals surface area contributed by atoms with Gasteiger partial charge in [0.1, 0.15) is 17.6 Å². The third-order valence-electron chi connectivity index (χ3n) is 2.43. The maximum atomic E-state index is 11.0. The van der Waals surface area contributed by atoms with Crippen LogP contribution in [0.15, 0.2) is 30.7 Å². The Hall–Kier alpha value is -2.94. The third kappa shape index (κ3) is 2.66. The molecule has 0 bridgehead atoms. The number of carboxylic acids is 1. The van der Waals surface area contributed by atoms with Crippen LogP contribution in [-0.2, 0) is 0 Å². The van der Waals surface area contributed by atoms with Gasteiger partial charge in [-0.15, -0.1) is 0 Å². The second-order valence-corrected chi connectivity index (χ2v) is 3.74. The smallest absolute Gasteiger partial charge is 0.342 e. The molecule has 6 heteroatoms. The van der Waals surface area contributed by atoms with E-state index in [-0.39, 0.29) is 11.4 Å². The molecule has 6 nitrogen and oxygen atoms in total. The summed E-state index contributed by atoms with van der Waals surface area (Å²) in [7, 11) is 0. The number of aryl methyl sites for hydroxylation is 1. The van der Waals surface area contributed by atoms with Crippen molar-refractivity contribution >= 4 is 5.97 Å². The molecule has 0 fully saturated rings. The Kier molecular flexibility index (Phi) is 3.39. The van der Waals surface area contributed by atoms with E-state index in [1.54, 1.807) is 19.1 Å². The Morgan fingerprint density at radius 3 is 2.95 bits per heavy atom. The van der Waals surface area contributed by atoms with Crippen molar-refractivity contribution in [3.05, 3.63) is 47.4 Å². The summed E-state index contributed by atoms with van der Waals surface area (Å²) in [5, 5.41) is 17.8. The molecule has 0 saturated carbocycles. The lowest BCUT2D eigenvalue weighted by atomic mass is 10.1. The van der Waals surface area contributed by atoms with E-state index in [4.69, 9.17) is 15.1 Å². The first kappa shape index (κ1) is 12.5. The van der Waals surface area contributed by atoms with Crippen molar-refractivity contribution in [2.75, 3.05) is 0 Å². The van der Waals surface area contributed by atoms with Crippen molar-refractivity contribution in [3.8, 4) is 17.7 Å². The molecule has 2 rings (SSSR count). The van der Waals surface area contributed by atoms with Crippen LogP contribution in [0.2, 0.25) is 0 Å². The van der Waals surface area contributed by atoms with E-state index in [9.17, 15) is 4.79 Å². The molecule has 0 aliphatic rings. The van der Waals surface area contributed by atoms with Crippen molar-refractivity contribution < 1.29 is 14.6 Å². The number of carboxylic acid groups (broad SMARTS) is 1. The van der Waals surface area contributed by atoms with Gasteiger partial charge in [-0.3, -0.25) is 0 Å². The summed E-state index contributed by atoms with van der Waals surface area (Å²) in [5.41, 5.74) is 1.06. The first-order valence-electron chi connectivity index (χ1n) is 5.33. The lowest BCUT2D eigenvalue weighted by molar-refractivity contribution is 0.0693. The molecule has 94 valence electrons. The van der Waals surface area contributed by atoms with E-state index in [0.29, 0.717) is 11.3 Å². The number of ether oxygens (including phenoxy) is 1. The first-order valence-corrected chi connectivity index (χ1v) is 5.33. The Morgan fingerprint density at radius 2 is 2.26 bits per heavy atom. The molecule has 2 aromatic rings. The van der Waals surface area contributed by atoms with Crippen LogP contribution in [0.4, 0.5) is 0 Å². The number of aromatic nitrogens is 2. The maximum Gasteiger partial charge on any atom is 0.342 e. The molecular formula is C13H9N3O3. The maximum absolute atomic E-state index is 11.0. The monoisotopic (exact) mass is 255 g/mol. The van der Waals surface area contributed by atoms with Gasteiger partial charge in [0.25, 0.3) is 0 Å². The zero-order valence-electron chi connectivity index (χ0n) is 9.99. The molecule has 0 saturated heterocycles. The zero-order valence-corrected chi connectivity index (χ0v) is 9.99. The number of carbonyl (C=O) groups is 1. The van der Waals surface area contributed by atoms with E-state index >= 15 is 0 Å². The standard InChI is InChI=1S/C13H9N3O3/c1-8-2-3-9(5-14)4-11(8)19-12-10(13(17)18)6-15-7-16-12/h2-4,6-7H,1H3,(H,17,18). The number of aromatic carboxylic acids is 1. The summed E-state index contributed by atoms with van der Waals surface area (Å²) in [6, 6.07) is 6.89. The van der Waals surface area contributed by atoms with Gasteiger partial charge in [0.05, 0.1) is 11.6 Å². The lowest BCUT2D eigenvalue weighted by Gasteiger charge is -2.09. The molecule has 1 heterocycles. The van der Waals surface area contributed by atoms with Gasteiger partial charge in [0.15, 0.2) is 0 Å². The van der Waals surface area contributed by atoms with Gasteiger partial charge in [-0.2, -0.15) is 5.26 Å². The minimum absolute atomic E-state index is 0.0549. The fraction of sp³-hybridized carbons (Fsp3) is 0.0769. The van der Waals surface area contributed by atoms with Gasteiger partial charge in [0, 0.05) is 6.20 Å². The summed E-state index contributed by atoms with van der Waals surface area (Å²) in [6.07, 6.45) is 2.36. The van der Waals surface area contributed by atoms with Crippen LogP contribution in [0, 0.1) is 18.3 Å². The summed E-state index contributed by atoms with van der Waals surface area (Å²) in [4.78, 5) is 18.4. The Balaban J connectivity index is 2.42. The molecule has 0 spiro atoms. The molecule has 1 aromatic carbocycles. The molecule has 1 N–H and O–H groups in total. The highest BCUT2D eigenvalue weighted by molar-refractivity contribution is 5.89. The van der Waals surface area contributed by atoms with Gasteiger partial charge in [-0.1, -0.05) is 6.07 Å². The fourth-order valence-electron chi connectivity index (χ4n) is 1.43. The van der Waals surface area contributed by atoms with E-state index in [2.05, 4.69) is 9.97 Å². The largest absolute Gasteiger partial charge is 0.477 e. The minimum Gasteiger partial charge on any atom is -0.477 e. The summed E-state index contributed by atoms with van der Waals surface area (Å²) in [6.45, 7) is 1.79. The third-order valence-corrected chi connectivity index (χ3v) is 2.43. The Labute approximate surface area is 108 Å². The van der Waals surface area contributed by atoms with E-state index in [0.717, 1.165) is 11.8 Å². The average molecular weight is 255 g/mol. The second kappa shape index (κ2) is 5.14. The normalized spacial score (nSPS) is 9.68. The molecule has 0 aliphatic carbocycles. The molecule has 19 heavy (non-hydrogen) atoms. The fourth-order valence-corrected chi connectivity index (χ4v) is 1.43. The SMILES string of the molecule is Cc1ccc(C#N)cc1Oc1ncncc1C(=O)O. The summed E-state index contributed by atoms with van der Waals surface area (Å²) < 4.78 is 5.46. The van der Waals surface area contributed by atoms with Crippen molar-refractivity contribution in [1.29, 1.82) is 5.26 Å². The van der Waals surface area contributed by atoms with Crippen LogP contribution in [0.1, 0.15) is 21.5 Å². The van der Waals surface area contributed by atoms with E-state index in [1.807, 2.05) is 6.07 Å². The van der Waals surface area contributed by atoms with Crippen LogP contribution < -0.4 is 4.74 Å². The first-order chi connectivity index (χ1) is 9.11.